The van der Waals surface area contributed by atoms with E-state index in [0.29, 0.717) is 0 Å². The summed E-state index contributed by atoms with van der Waals surface area (Å²) in [7, 11) is -3.87. The van der Waals surface area contributed by atoms with Gasteiger partial charge in [-0.25, -0.2) is 0 Å². The molecule has 4 rings (SSSR count). The van der Waals surface area contributed by atoms with E-state index < -0.39 is 24.9 Å². The molecule has 0 aliphatic carbocycles. The SMILES string of the molecule is Cc1cc(C)cc(-c2c(C)c(C)c(C)[c-]2C[Si](c2cccc([Si](C)(C)C)c2)c2cccc([Si](C)(C)C)c2)c1.[Cl-].[Cl-].[Cl-].[Ti+4]. The Hall–Kier alpha value is -0.755. The quantitative estimate of drug-likeness (QED) is 0.156. The van der Waals surface area contributed by atoms with Gasteiger partial charge in [0.15, 0.2) is 0 Å². The molecule has 4 aromatic carbocycles. The van der Waals surface area contributed by atoms with Crippen molar-refractivity contribution in [1.29, 1.82) is 0 Å². The Balaban J connectivity index is 0.00000420. The van der Waals surface area contributed by atoms with Crippen LogP contribution in [0, 0.1) is 34.6 Å². The van der Waals surface area contributed by atoms with E-state index >= 15 is 0 Å². The van der Waals surface area contributed by atoms with Crippen molar-refractivity contribution < 1.29 is 58.9 Å². The molecule has 4 aromatic rings. The Morgan fingerprint density at radius 3 is 1.43 bits per heavy atom. The van der Waals surface area contributed by atoms with Crippen LogP contribution >= 0.6 is 0 Å². The van der Waals surface area contributed by atoms with Crippen molar-refractivity contribution in [3.8, 4) is 11.1 Å². The summed E-state index contributed by atoms with van der Waals surface area (Å²) < 4.78 is 0. The molecule has 0 saturated carbocycles. The van der Waals surface area contributed by atoms with Crippen LogP contribution in [-0.4, -0.2) is 24.9 Å². The summed E-state index contributed by atoms with van der Waals surface area (Å²) in [6.07, 6.45) is 0. The van der Waals surface area contributed by atoms with Crippen molar-refractivity contribution in [2.24, 2.45) is 0 Å². The Labute approximate surface area is 293 Å². The van der Waals surface area contributed by atoms with E-state index in [4.69, 9.17) is 0 Å². The first-order valence-corrected chi connectivity index (χ1v) is 22.8. The molecule has 223 valence electrons. The Bertz CT molecular complexity index is 1400. The molecule has 0 spiro atoms. The Kier molecular flexibility index (Phi) is 15.7. The first-order valence-electron chi connectivity index (χ1n) is 14.1. The molecule has 0 amide bonds. The monoisotopic (exact) mass is 703 g/mol. The molecule has 0 saturated heterocycles. The number of rotatable bonds is 7. The smallest absolute Gasteiger partial charge is 1.00 e. The minimum Gasteiger partial charge on any atom is -1.00 e. The summed E-state index contributed by atoms with van der Waals surface area (Å²) in [5, 5.41) is 6.26. The van der Waals surface area contributed by atoms with Gasteiger partial charge in [-0.15, -0.1) is 16.7 Å². The summed E-state index contributed by atoms with van der Waals surface area (Å²) in [5.41, 5.74) is 11.5. The molecule has 0 heterocycles. The van der Waals surface area contributed by atoms with E-state index in [9.17, 15) is 0 Å². The molecule has 0 aromatic heterocycles. The van der Waals surface area contributed by atoms with Gasteiger partial charge in [-0.3, -0.25) is 0 Å². The van der Waals surface area contributed by atoms with Gasteiger partial charge in [-0.2, -0.15) is 11.1 Å². The molecular formula is C35H46Cl3Si3Ti. The second kappa shape index (κ2) is 16.0. The topological polar surface area (TPSA) is 0 Å². The molecule has 0 atom stereocenters. The van der Waals surface area contributed by atoms with Gasteiger partial charge in [-0.05, 0) is 13.8 Å². The summed E-state index contributed by atoms with van der Waals surface area (Å²) in [5.74, 6) is 0. The van der Waals surface area contributed by atoms with Crippen molar-refractivity contribution in [1.82, 2.24) is 0 Å². The summed E-state index contributed by atoms with van der Waals surface area (Å²) >= 11 is 0. The molecule has 0 fully saturated rings. The van der Waals surface area contributed by atoms with Gasteiger partial charge in [-0.1, -0.05) is 170 Å². The van der Waals surface area contributed by atoms with E-state index in [0.717, 1.165) is 6.04 Å². The average Bonchev–Trinajstić information content (AvgIpc) is 3.04. The maximum absolute atomic E-state index is 2.58. The van der Waals surface area contributed by atoms with Crippen molar-refractivity contribution in [3.05, 3.63) is 100 Å². The maximum Gasteiger partial charge on any atom is 4.00 e. The van der Waals surface area contributed by atoms with Crippen molar-refractivity contribution in [2.45, 2.75) is 79.9 Å². The van der Waals surface area contributed by atoms with Gasteiger partial charge in [0, 0.05) is 0 Å². The van der Waals surface area contributed by atoms with Crippen LogP contribution in [0.3, 0.4) is 0 Å². The minimum absolute atomic E-state index is 0. The number of halogens is 3. The van der Waals surface area contributed by atoms with Crippen LogP contribution in [0.15, 0.2) is 66.7 Å². The van der Waals surface area contributed by atoms with Crippen LogP contribution in [0.2, 0.25) is 39.3 Å². The van der Waals surface area contributed by atoms with E-state index in [-0.39, 0.29) is 58.9 Å². The van der Waals surface area contributed by atoms with Crippen LogP contribution in [-0.2, 0) is 27.8 Å². The Morgan fingerprint density at radius 2 is 1.02 bits per heavy atom. The first kappa shape index (κ1) is 41.2. The number of hydrogen-bond acceptors (Lipinski definition) is 0. The normalized spacial score (nSPS) is 11.2. The van der Waals surface area contributed by atoms with Crippen molar-refractivity contribution >= 4 is 45.7 Å². The van der Waals surface area contributed by atoms with Crippen molar-refractivity contribution in [3.63, 3.8) is 0 Å². The fourth-order valence-electron chi connectivity index (χ4n) is 5.73. The van der Waals surface area contributed by atoms with E-state index in [2.05, 4.69) is 141 Å². The Morgan fingerprint density at radius 1 is 0.595 bits per heavy atom. The molecule has 1 radical (unpaired) electrons. The van der Waals surface area contributed by atoms with E-state index in [1.54, 1.807) is 26.3 Å². The van der Waals surface area contributed by atoms with Gasteiger partial charge in [0.25, 0.3) is 0 Å². The standard InChI is InChI=1S/C35H46Si3.3ClH.Ti/c1-24-18-25(2)20-29(19-24)35-28(5)26(3)27(4)34(35)23-36(30-14-12-16-32(21-30)37(6,7)8)31-15-13-17-33(22-31)38(9,10)11;;;;/h12-22H,23H2,1-11H3;3*1H;/q-1;;;;+4/p-3. The third kappa shape index (κ3) is 9.14. The van der Waals surface area contributed by atoms with Crippen LogP contribution < -0.4 is 58.0 Å². The zero-order chi connectivity index (χ0) is 28.0. The molecule has 0 aliphatic rings. The van der Waals surface area contributed by atoms with Gasteiger partial charge in [0.2, 0.25) is 0 Å². The molecule has 0 bridgehead atoms. The minimum atomic E-state index is -1.41. The van der Waals surface area contributed by atoms with Crippen molar-refractivity contribution in [2.75, 3.05) is 0 Å². The van der Waals surface area contributed by atoms with Gasteiger partial charge in [0.1, 0.15) is 8.80 Å². The largest absolute Gasteiger partial charge is 4.00 e. The summed E-state index contributed by atoms with van der Waals surface area (Å²) in [4.78, 5) is 0. The van der Waals surface area contributed by atoms with E-state index in [1.807, 2.05) is 0 Å². The molecule has 42 heavy (non-hydrogen) atoms. The summed E-state index contributed by atoms with van der Waals surface area (Å²) in [6.45, 7) is 26.3. The predicted octanol–water partition coefficient (Wildman–Crippen LogP) is -1.89. The second-order valence-electron chi connectivity index (χ2n) is 13.4. The average molecular weight is 705 g/mol. The molecule has 0 nitrogen and oxygen atoms in total. The predicted molar refractivity (Wildman–Crippen MR) is 179 cm³/mol. The fourth-order valence-corrected chi connectivity index (χ4v) is 11.2. The fraction of sp³-hybridized carbons (Fsp3) is 0.343. The third-order valence-corrected chi connectivity index (χ3v) is 15.1. The van der Waals surface area contributed by atoms with Gasteiger partial charge in [0.05, 0.1) is 16.1 Å². The molecule has 0 N–H and O–H groups in total. The zero-order valence-electron chi connectivity index (χ0n) is 27.2. The third-order valence-electron chi connectivity index (χ3n) is 8.27. The summed E-state index contributed by atoms with van der Waals surface area (Å²) in [6, 6.07) is 27.6. The number of hydrogen-bond donors (Lipinski definition) is 0. The second-order valence-corrected chi connectivity index (χ2v) is 26.0. The maximum atomic E-state index is 2.58. The zero-order valence-corrected chi connectivity index (χ0v) is 34.0. The van der Waals surface area contributed by atoms with Gasteiger partial charge >= 0.3 is 21.7 Å². The van der Waals surface area contributed by atoms with Crippen LogP contribution in [0.4, 0.5) is 0 Å². The first-order chi connectivity index (χ1) is 17.7. The van der Waals surface area contributed by atoms with Gasteiger partial charge < -0.3 is 37.2 Å². The van der Waals surface area contributed by atoms with Crippen LogP contribution in [0.1, 0.15) is 33.4 Å². The van der Waals surface area contributed by atoms with Crippen LogP contribution in [0.5, 0.6) is 0 Å². The number of benzene rings is 3. The van der Waals surface area contributed by atoms with E-state index in [1.165, 1.54) is 38.9 Å². The molecule has 0 aliphatic heterocycles. The number of aryl methyl sites for hydroxylation is 2. The molecular weight excluding hydrogens is 659 g/mol. The molecule has 0 unspecified atom stereocenters. The van der Waals surface area contributed by atoms with Crippen LogP contribution in [0.25, 0.3) is 11.1 Å². The molecule has 7 heteroatoms.